The lowest BCUT2D eigenvalue weighted by molar-refractivity contribution is -0.143. The molecule has 4 N–H and O–H groups in total. The number of likely N-dealkylation sites (tertiary alicyclic amines) is 1. The number of anilines is 1. The lowest BCUT2D eigenvalue weighted by Gasteiger charge is -2.33. The van der Waals surface area contributed by atoms with Crippen LogP contribution in [0.2, 0.25) is 0 Å². The van der Waals surface area contributed by atoms with Gasteiger partial charge in [-0.05, 0) is 37.8 Å². The Morgan fingerprint density at radius 3 is 2.42 bits per heavy atom. The number of urea groups is 1. The Labute approximate surface area is 160 Å². The molecular formula is C18H27ClN4O3. The van der Waals surface area contributed by atoms with Gasteiger partial charge in [0.15, 0.2) is 0 Å². The third-order valence-corrected chi connectivity index (χ3v) is 4.82. The number of halogens is 1. The largest absolute Gasteiger partial charge is 0.364 e. The van der Waals surface area contributed by atoms with Gasteiger partial charge in [-0.15, -0.1) is 12.4 Å². The zero-order valence-electron chi connectivity index (χ0n) is 14.7. The van der Waals surface area contributed by atoms with Crippen LogP contribution in [0, 0.1) is 0 Å². The van der Waals surface area contributed by atoms with Gasteiger partial charge in [-0.1, -0.05) is 18.2 Å². The van der Waals surface area contributed by atoms with Crippen molar-refractivity contribution in [2.45, 2.75) is 43.9 Å². The molecule has 3 amide bonds. The zero-order chi connectivity index (χ0) is 17.6. The van der Waals surface area contributed by atoms with Crippen molar-refractivity contribution in [2.24, 2.45) is 5.73 Å². The SMILES string of the molecule is Cl.NC[C@H]1CC[C@@H](C(=O)N2CCC(NC(=O)Nc3ccccc3)CC2)O1. The van der Waals surface area contributed by atoms with E-state index in [1.54, 1.807) is 0 Å². The van der Waals surface area contributed by atoms with Crippen LogP contribution < -0.4 is 16.4 Å². The summed E-state index contributed by atoms with van der Waals surface area (Å²) < 4.78 is 5.69. The van der Waals surface area contributed by atoms with Gasteiger partial charge < -0.3 is 26.0 Å². The van der Waals surface area contributed by atoms with E-state index >= 15 is 0 Å². The van der Waals surface area contributed by atoms with E-state index < -0.39 is 0 Å². The molecule has 2 aliphatic heterocycles. The Morgan fingerprint density at radius 1 is 1.12 bits per heavy atom. The van der Waals surface area contributed by atoms with Gasteiger partial charge in [-0.25, -0.2) is 4.79 Å². The van der Waals surface area contributed by atoms with E-state index in [9.17, 15) is 9.59 Å². The number of nitrogens with two attached hydrogens (primary N) is 1. The fourth-order valence-corrected chi connectivity index (χ4v) is 3.38. The van der Waals surface area contributed by atoms with E-state index in [0.717, 1.165) is 31.4 Å². The molecule has 2 atom stereocenters. The fraction of sp³-hybridized carbons (Fsp3) is 0.556. The van der Waals surface area contributed by atoms with Crippen molar-refractivity contribution >= 4 is 30.0 Å². The molecule has 8 heteroatoms. The average molecular weight is 383 g/mol. The molecule has 0 bridgehead atoms. The second-order valence-electron chi connectivity index (χ2n) is 6.62. The first-order valence-corrected chi connectivity index (χ1v) is 8.92. The highest BCUT2D eigenvalue weighted by Crippen LogP contribution is 2.22. The summed E-state index contributed by atoms with van der Waals surface area (Å²) in [5.41, 5.74) is 6.36. The Bertz CT molecular complexity index is 593. The molecule has 7 nitrogen and oxygen atoms in total. The second kappa shape index (κ2) is 9.75. The summed E-state index contributed by atoms with van der Waals surface area (Å²) in [6.07, 6.45) is 2.76. The molecule has 3 rings (SSSR count). The zero-order valence-corrected chi connectivity index (χ0v) is 15.5. The first-order valence-electron chi connectivity index (χ1n) is 8.92. The van der Waals surface area contributed by atoms with E-state index in [4.69, 9.17) is 10.5 Å². The number of amides is 3. The highest BCUT2D eigenvalue weighted by atomic mass is 35.5. The van der Waals surface area contributed by atoms with E-state index in [0.29, 0.717) is 19.6 Å². The van der Waals surface area contributed by atoms with E-state index in [2.05, 4.69) is 10.6 Å². The third kappa shape index (κ3) is 5.33. The number of carbonyl (C=O) groups excluding carboxylic acids is 2. The van der Waals surface area contributed by atoms with Gasteiger partial charge in [0.25, 0.3) is 5.91 Å². The second-order valence-corrected chi connectivity index (χ2v) is 6.62. The molecule has 1 aromatic rings. The quantitative estimate of drug-likeness (QED) is 0.738. The van der Waals surface area contributed by atoms with Crippen molar-refractivity contribution in [3.8, 4) is 0 Å². The predicted octanol–water partition coefficient (Wildman–Crippen LogP) is 1.73. The van der Waals surface area contributed by atoms with Crippen LogP contribution in [0.3, 0.4) is 0 Å². The van der Waals surface area contributed by atoms with Crippen LogP contribution in [0.4, 0.5) is 10.5 Å². The topological polar surface area (TPSA) is 96.7 Å². The maximum Gasteiger partial charge on any atom is 0.319 e. The molecule has 0 saturated carbocycles. The number of hydrogen-bond acceptors (Lipinski definition) is 4. The number of rotatable bonds is 4. The molecular weight excluding hydrogens is 356 g/mol. The molecule has 0 spiro atoms. The van der Waals surface area contributed by atoms with Crippen LogP contribution in [-0.2, 0) is 9.53 Å². The van der Waals surface area contributed by atoms with Gasteiger partial charge in [0.05, 0.1) is 6.10 Å². The Morgan fingerprint density at radius 2 is 1.81 bits per heavy atom. The van der Waals surface area contributed by atoms with E-state index in [-0.39, 0.29) is 42.6 Å². The minimum absolute atomic E-state index is 0. The smallest absolute Gasteiger partial charge is 0.319 e. The summed E-state index contributed by atoms with van der Waals surface area (Å²) in [4.78, 5) is 26.4. The van der Waals surface area contributed by atoms with Gasteiger partial charge in [-0.2, -0.15) is 0 Å². The number of nitrogens with zero attached hydrogens (tertiary/aromatic N) is 1. The first kappa shape index (κ1) is 20.5. The molecule has 0 aromatic heterocycles. The molecule has 144 valence electrons. The summed E-state index contributed by atoms with van der Waals surface area (Å²) in [6, 6.07) is 9.21. The number of nitrogens with one attached hydrogen (secondary N) is 2. The molecule has 0 radical (unpaired) electrons. The van der Waals surface area contributed by atoms with E-state index in [1.165, 1.54) is 0 Å². The lowest BCUT2D eigenvalue weighted by Crippen LogP contribution is -2.49. The molecule has 1 aromatic carbocycles. The van der Waals surface area contributed by atoms with E-state index in [1.807, 2.05) is 35.2 Å². The molecule has 2 saturated heterocycles. The van der Waals surface area contributed by atoms with Gasteiger partial charge >= 0.3 is 6.03 Å². The summed E-state index contributed by atoms with van der Waals surface area (Å²) >= 11 is 0. The Hall–Kier alpha value is -1.83. The van der Waals surface area contributed by atoms with Crippen LogP contribution in [0.25, 0.3) is 0 Å². The minimum atomic E-state index is -0.348. The number of para-hydroxylation sites is 1. The average Bonchev–Trinajstić information content (AvgIpc) is 3.12. The number of ether oxygens (including phenoxy) is 1. The number of benzene rings is 1. The van der Waals surface area contributed by atoms with Crippen molar-refractivity contribution < 1.29 is 14.3 Å². The molecule has 2 aliphatic rings. The standard InChI is InChI=1S/C18H26N4O3.ClH/c19-12-15-6-7-16(25-15)17(23)22-10-8-14(9-11-22)21-18(24)20-13-4-2-1-3-5-13;/h1-5,14-16H,6-12,19H2,(H2,20,21,24);1H/t15-,16+;/m1./s1. The van der Waals surface area contributed by atoms with Crippen LogP contribution in [0.5, 0.6) is 0 Å². The minimum Gasteiger partial charge on any atom is -0.364 e. The van der Waals surface area contributed by atoms with Gasteiger partial charge in [0.1, 0.15) is 6.10 Å². The predicted molar refractivity (Wildman–Crippen MR) is 102 cm³/mol. The van der Waals surface area contributed by atoms with Gasteiger partial charge in [0.2, 0.25) is 0 Å². The summed E-state index contributed by atoms with van der Waals surface area (Å²) in [5, 5.41) is 5.79. The summed E-state index contributed by atoms with van der Waals surface area (Å²) in [7, 11) is 0. The molecule has 26 heavy (non-hydrogen) atoms. The maximum absolute atomic E-state index is 12.5. The number of piperidine rings is 1. The lowest BCUT2D eigenvalue weighted by atomic mass is 10.0. The Balaban J connectivity index is 0.00000243. The normalized spacial score (nSPS) is 23.2. The van der Waals surface area contributed by atoms with Crippen molar-refractivity contribution in [1.29, 1.82) is 0 Å². The van der Waals surface area contributed by atoms with Gasteiger partial charge in [-0.3, -0.25) is 4.79 Å². The van der Waals surface area contributed by atoms with Gasteiger partial charge in [0, 0.05) is 31.4 Å². The van der Waals surface area contributed by atoms with Crippen molar-refractivity contribution in [3.63, 3.8) is 0 Å². The van der Waals surface area contributed by atoms with Crippen LogP contribution in [0.15, 0.2) is 30.3 Å². The number of carbonyl (C=O) groups is 2. The monoisotopic (exact) mass is 382 g/mol. The van der Waals surface area contributed by atoms with Crippen LogP contribution >= 0.6 is 12.4 Å². The maximum atomic E-state index is 12.5. The van der Waals surface area contributed by atoms with Crippen LogP contribution in [0.1, 0.15) is 25.7 Å². The highest BCUT2D eigenvalue weighted by molar-refractivity contribution is 5.89. The van der Waals surface area contributed by atoms with Crippen molar-refractivity contribution in [1.82, 2.24) is 10.2 Å². The van der Waals surface area contributed by atoms with Crippen molar-refractivity contribution in [2.75, 3.05) is 25.0 Å². The molecule has 2 heterocycles. The fourth-order valence-electron chi connectivity index (χ4n) is 3.38. The number of hydrogen-bond donors (Lipinski definition) is 3. The highest BCUT2D eigenvalue weighted by Gasteiger charge is 2.34. The molecule has 0 aliphatic carbocycles. The molecule has 2 fully saturated rings. The molecule has 0 unspecified atom stereocenters. The summed E-state index contributed by atoms with van der Waals surface area (Å²) in [5.74, 6) is 0.0585. The first-order chi connectivity index (χ1) is 12.2. The Kier molecular flexibility index (Phi) is 7.68. The van der Waals surface area contributed by atoms with Crippen LogP contribution in [-0.4, -0.2) is 54.7 Å². The van der Waals surface area contributed by atoms with Crippen molar-refractivity contribution in [3.05, 3.63) is 30.3 Å². The third-order valence-electron chi connectivity index (χ3n) is 4.82. The summed E-state index contributed by atoms with van der Waals surface area (Å²) in [6.45, 7) is 1.75.